The number of benzene rings is 1. The van der Waals surface area contributed by atoms with Gasteiger partial charge >= 0.3 is 0 Å². The molecular formula is C12H16N6O. The molecule has 0 aliphatic carbocycles. The van der Waals surface area contributed by atoms with E-state index in [4.69, 9.17) is 0 Å². The van der Waals surface area contributed by atoms with Crippen molar-refractivity contribution in [1.82, 2.24) is 20.2 Å². The van der Waals surface area contributed by atoms with E-state index in [1.165, 1.54) is 4.80 Å². The first-order valence-corrected chi connectivity index (χ1v) is 6.00. The number of rotatable bonds is 4. The van der Waals surface area contributed by atoms with Gasteiger partial charge in [0.05, 0.1) is 12.6 Å². The molecule has 0 spiro atoms. The van der Waals surface area contributed by atoms with E-state index in [2.05, 4.69) is 26.0 Å². The average molecular weight is 260 g/mol. The van der Waals surface area contributed by atoms with Gasteiger partial charge in [0, 0.05) is 12.2 Å². The highest BCUT2D eigenvalue weighted by molar-refractivity contribution is 6.07. The van der Waals surface area contributed by atoms with Crippen LogP contribution >= 0.6 is 0 Å². The molecule has 0 fully saturated rings. The molecule has 0 atom stereocenters. The van der Waals surface area contributed by atoms with Gasteiger partial charge in [-0.3, -0.25) is 10.1 Å². The molecule has 0 saturated carbocycles. The first-order valence-electron chi connectivity index (χ1n) is 6.00. The van der Waals surface area contributed by atoms with Crippen LogP contribution in [0.3, 0.4) is 0 Å². The summed E-state index contributed by atoms with van der Waals surface area (Å²) in [6.07, 6.45) is 0. The highest BCUT2D eigenvalue weighted by Crippen LogP contribution is 2.18. The number of nitrogens with zero attached hydrogens (tertiary/aromatic N) is 4. The Morgan fingerprint density at radius 1 is 1.42 bits per heavy atom. The zero-order chi connectivity index (χ0) is 13.8. The third kappa shape index (κ3) is 3.06. The van der Waals surface area contributed by atoms with E-state index in [0.29, 0.717) is 5.56 Å². The molecule has 2 aromatic rings. The Kier molecular flexibility index (Phi) is 3.74. The molecule has 1 aromatic carbocycles. The molecule has 2 rings (SSSR count). The smallest absolute Gasteiger partial charge is 0.270 e. The van der Waals surface area contributed by atoms with Crippen LogP contribution in [0.25, 0.3) is 0 Å². The molecule has 2 N–H and O–H groups in total. The summed E-state index contributed by atoms with van der Waals surface area (Å²) in [5.41, 5.74) is 2.44. The summed E-state index contributed by atoms with van der Waals surface area (Å²) in [6.45, 7) is 4.70. The van der Waals surface area contributed by atoms with Crippen molar-refractivity contribution in [1.29, 1.82) is 0 Å². The third-order valence-electron chi connectivity index (χ3n) is 2.52. The summed E-state index contributed by atoms with van der Waals surface area (Å²) in [7, 11) is 1.64. The molecule has 100 valence electrons. The summed E-state index contributed by atoms with van der Waals surface area (Å²) in [5, 5.41) is 17.1. The van der Waals surface area contributed by atoms with E-state index in [1.54, 1.807) is 13.1 Å². The Bertz CT molecular complexity index is 592. The largest absolute Gasteiger partial charge is 0.385 e. The third-order valence-corrected chi connectivity index (χ3v) is 2.52. The summed E-state index contributed by atoms with van der Waals surface area (Å²) < 4.78 is 0. The number of carbonyl (C=O) groups is 1. The van der Waals surface area contributed by atoms with Gasteiger partial charge in [0.1, 0.15) is 0 Å². The average Bonchev–Trinajstić information content (AvgIpc) is 2.75. The minimum absolute atomic E-state index is 0.190. The van der Waals surface area contributed by atoms with Crippen molar-refractivity contribution in [2.75, 3.05) is 17.2 Å². The van der Waals surface area contributed by atoms with Gasteiger partial charge in [0.25, 0.3) is 11.9 Å². The summed E-state index contributed by atoms with van der Waals surface area (Å²) in [5.74, 6) is -0.0699. The van der Waals surface area contributed by atoms with Crippen molar-refractivity contribution in [3.8, 4) is 0 Å². The first-order chi connectivity index (χ1) is 9.10. The molecule has 1 aromatic heterocycles. The summed E-state index contributed by atoms with van der Waals surface area (Å²) >= 11 is 0. The number of aromatic nitrogens is 4. The molecule has 1 amide bonds. The molecular weight excluding hydrogens is 244 g/mol. The van der Waals surface area contributed by atoms with Gasteiger partial charge in [0.2, 0.25) is 0 Å². The Morgan fingerprint density at radius 3 is 2.84 bits per heavy atom. The predicted molar refractivity (Wildman–Crippen MR) is 72.1 cm³/mol. The van der Waals surface area contributed by atoms with Crippen LogP contribution in [-0.4, -0.2) is 32.7 Å². The van der Waals surface area contributed by atoms with Crippen LogP contribution in [0.5, 0.6) is 0 Å². The van der Waals surface area contributed by atoms with Gasteiger partial charge < -0.3 is 5.32 Å². The van der Waals surface area contributed by atoms with E-state index < -0.39 is 0 Å². The fourth-order valence-corrected chi connectivity index (χ4v) is 1.70. The Hall–Kier alpha value is -2.44. The van der Waals surface area contributed by atoms with Gasteiger partial charge in [-0.25, -0.2) is 0 Å². The lowest BCUT2D eigenvalue weighted by atomic mass is 10.1. The van der Waals surface area contributed by atoms with E-state index in [1.807, 2.05) is 26.0 Å². The van der Waals surface area contributed by atoms with Gasteiger partial charge in [-0.15, -0.1) is 5.10 Å². The van der Waals surface area contributed by atoms with Crippen molar-refractivity contribution in [2.45, 2.75) is 13.8 Å². The Balaban J connectivity index is 2.23. The fourth-order valence-electron chi connectivity index (χ4n) is 1.70. The van der Waals surface area contributed by atoms with E-state index in [9.17, 15) is 4.79 Å². The highest BCUT2D eigenvalue weighted by Gasteiger charge is 2.13. The number of amides is 1. The van der Waals surface area contributed by atoms with Crippen molar-refractivity contribution >= 4 is 17.5 Å². The maximum absolute atomic E-state index is 12.2. The van der Waals surface area contributed by atoms with Crippen molar-refractivity contribution in [3.05, 3.63) is 29.3 Å². The Labute approximate surface area is 111 Å². The van der Waals surface area contributed by atoms with Crippen LogP contribution in [0, 0.1) is 6.92 Å². The van der Waals surface area contributed by atoms with Crippen molar-refractivity contribution < 1.29 is 4.79 Å². The number of carbonyl (C=O) groups excluding carboxylic acids is 1. The second-order valence-corrected chi connectivity index (χ2v) is 4.14. The summed E-state index contributed by atoms with van der Waals surface area (Å²) in [4.78, 5) is 13.4. The molecule has 0 aliphatic rings. The minimum atomic E-state index is -0.260. The fraction of sp³-hybridized carbons (Fsp3) is 0.333. The lowest BCUT2D eigenvalue weighted by molar-refractivity contribution is 0.102. The summed E-state index contributed by atoms with van der Waals surface area (Å²) in [6, 6.07) is 5.60. The number of aryl methyl sites for hydroxylation is 2. The van der Waals surface area contributed by atoms with Crippen molar-refractivity contribution in [3.63, 3.8) is 0 Å². The predicted octanol–water partition coefficient (Wildman–Crippen LogP) is 1.20. The molecule has 0 unspecified atom stereocenters. The van der Waals surface area contributed by atoms with Gasteiger partial charge in [-0.2, -0.15) is 4.80 Å². The van der Waals surface area contributed by atoms with Gasteiger partial charge in [0.15, 0.2) is 0 Å². The van der Waals surface area contributed by atoms with Crippen LogP contribution in [0.2, 0.25) is 0 Å². The van der Waals surface area contributed by atoms with Crippen LogP contribution in [0.15, 0.2) is 18.2 Å². The highest BCUT2D eigenvalue weighted by atomic mass is 16.1. The molecule has 0 saturated heterocycles. The lowest BCUT2D eigenvalue weighted by Crippen LogP contribution is -2.16. The van der Waals surface area contributed by atoms with Crippen LogP contribution in [-0.2, 0) is 7.05 Å². The van der Waals surface area contributed by atoms with Crippen LogP contribution in [0.4, 0.5) is 11.6 Å². The molecule has 19 heavy (non-hydrogen) atoms. The van der Waals surface area contributed by atoms with Gasteiger partial charge in [-0.05, 0) is 36.8 Å². The zero-order valence-corrected chi connectivity index (χ0v) is 11.1. The van der Waals surface area contributed by atoms with E-state index in [0.717, 1.165) is 17.8 Å². The number of hydrogen-bond acceptors (Lipinski definition) is 5. The SMILES string of the molecule is CCNc1cc(C)ccc1C(=O)Nc1nnn(C)n1. The van der Waals surface area contributed by atoms with Crippen LogP contribution < -0.4 is 10.6 Å². The maximum Gasteiger partial charge on any atom is 0.270 e. The molecule has 1 heterocycles. The standard InChI is InChI=1S/C12H16N6O/c1-4-13-10-7-8(2)5-6-9(10)11(19)14-12-15-17-18(3)16-12/h5-7,13H,4H2,1-3H3,(H,14,16,19). The lowest BCUT2D eigenvalue weighted by Gasteiger charge is -2.10. The van der Waals surface area contributed by atoms with Gasteiger partial charge in [-0.1, -0.05) is 11.2 Å². The normalized spacial score (nSPS) is 10.3. The molecule has 0 bridgehead atoms. The first kappa shape index (κ1) is 13.0. The molecule has 7 nitrogen and oxygen atoms in total. The maximum atomic E-state index is 12.2. The second kappa shape index (κ2) is 5.47. The topological polar surface area (TPSA) is 84.7 Å². The van der Waals surface area contributed by atoms with E-state index in [-0.39, 0.29) is 11.9 Å². The van der Waals surface area contributed by atoms with E-state index >= 15 is 0 Å². The number of hydrogen-bond donors (Lipinski definition) is 2. The minimum Gasteiger partial charge on any atom is -0.385 e. The number of anilines is 2. The Morgan fingerprint density at radius 2 is 2.21 bits per heavy atom. The van der Waals surface area contributed by atoms with Crippen molar-refractivity contribution in [2.24, 2.45) is 7.05 Å². The second-order valence-electron chi connectivity index (χ2n) is 4.14. The molecule has 7 heteroatoms. The quantitative estimate of drug-likeness (QED) is 0.863. The monoisotopic (exact) mass is 260 g/mol. The number of nitrogens with one attached hydrogen (secondary N) is 2. The molecule has 0 radical (unpaired) electrons. The zero-order valence-electron chi connectivity index (χ0n) is 11.1. The van der Waals surface area contributed by atoms with Crippen LogP contribution in [0.1, 0.15) is 22.8 Å². The molecule has 0 aliphatic heterocycles. The number of tetrazole rings is 1.